The summed E-state index contributed by atoms with van der Waals surface area (Å²) in [7, 11) is 0. The van der Waals surface area contributed by atoms with Gasteiger partial charge in [-0.15, -0.1) is 0 Å². The molecule has 3 nitrogen and oxygen atoms in total. The van der Waals surface area contributed by atoms with Crippen LogP contribution in [0.3, 0.4) is 0 Å². The second-order valence-electron chi connectivity index (χ2n) is 4.03. The lowest BCUT2D eigenvalue weighted by atomic mass is 9.95. The molecule has 2 unspecified atom stereocenters. The van der Waals surface area contributed by atoms with Gasteiger partial charge in [-0.3, -0.25) is 0 Å². The minimum absolute atomic E-state index is 0.00634. The van der Waals surface area contributed by atoms with Crippen LogP contribution in [0.5, 0.6) is 0 Å². The van der Waals surface area contributed by atoms with Gasteiger partial charge in [0, 0.05) is 12.8 Å². The van der Waals surface area contributed by atoms with Crippen LogP contribution in [0.1, 0.15) is 38.5 Å². The third-order valence-corrected chi connectivity index (χ3v) is 2.99. The number of rotatable bonds is 1. The van der Waals surface area contributed by atoms with Crippen LogP contribution >= 0.6 is 0 Å². The Kier molecular flexibility index (Phi) is 2.86. The number of ether oxygens (including phenoxy) is 2. The first-order valence-electron chi connectivity index (χ1n) is 5.27. The van der Waals surface area contributed by atoms with Gasteiger partial charge in [0.1, 0.15) is 0 Å². The first kappa shape index (κ1) is 9.44. The van der Waals surface area contributed by atoms with Gasteiger partial charge in [0.2, 0.25) is 0 Å². The van der Waals surface area contributed by atoms with Crippen molar-refractivity contribution in [2.45, 2.75) is 50.4 Å². The summed E-state index contributed by atoms with van der Waals surface area (Å²) in [5, 5.41) is 9.02. The maximum atomic E-state index is 9.02. The summed E-state index contributed by atoms with van der Waals surface area (Å²) >= 11 is 0. The summed E-state index contributed by atoms with van der Waals surface area (Å²) in [6, 6.07) is 0. The lowest BCUT2D eigenvalue weighted by Crippen LogP contribution is -2.46. The summed E-state index contributed by atoms with van der Waals surface area (Å²) < 4.78 is 11.5. The summed E-state index contributed by atoms with van der Waals surface area (Å²) in [6.45, 7) is 0.948. The van der Waals surface area contributed by atoms with Gasteiger partial charge in [-0.05, 0) is 25.7 Å². The Bertz CT molecular complexity index is 158. The van der Waals surface area contributed by atoms with Crippen LogP contribution in [-0.2, 0) is 9.47 Å². The average molecular weight is 186 g/mol. The van der Waals surface area contributed by atoms with E-state index in [0.717, 1.165) is 38.7 Å². The van der Waals surface area contributed by atoms with Crippen LogP contribution in [0.2, 0.25) is 0 Å². The van der Waals surface area contributed by atoms with E-state index in [4.69, 9.17) is 14.6 Å². The molecule has 0 aromatic heterocycles. The Morgan fingerprint density at radius 2 is 2.08 bits per heavy atom. The molecule has 1 spiro atoms. The van der Waals surface area contributed by atoms with E-state index in [1.165, 1.54) is 6.42 Å². The van der Waals surface area contributed by atoms with Crippen LogP contribution in [0.15, 0.2) is 0 Å². The van der Waals surface area contributed by atoms with Gasteiger partial charge < -0.3 is 14.6 Å². The summed E-state index contributed by atoms with van der Waals surface area (Å²) in [4.78, 5) is 0. The molecule has 0 radical (unpaired) electrons. The fourth-order valence-corrected chi connectivity index (χ4v) is 2.27. The number of aliphatic hydroxyl groups is 1. The smallest absolute Gasteiger partial charge is 0.168 e. The third-order valence-electron chi connectivity index (χ3n) is 2.99. The minimum atomic E-state index is -0.329. The van der Waals surface area contributed by atoms with Gasteiger partial charge in [0.25, 0.3) is 0 Å². The van der Waals surface area contributed by atoms with Crippen LogP contribution in [0, 0.1) is 0 Å². The molecule has 0 saturated carbocycles. The molecule has 2 aliphatic heterocycles. The number of aliphatic hydroxyl groups excluding tert-OH is 1. The van der Waals surface area contributed by atoms with Gasteiger partial charge >= 0.3 is 0 Å². The molecule has 76 valence electrons. The van der Waals surface area contributed by atoms with Crippen molar-refractivity contribution < 1.29 is 14.6 Å². The topological polar surface area (TPSA) is 38.7 Å². The lowest BCUT2D eigenvalue weighted by Gasteiger charge is -2.42. The van der Waals surface area contributed by atoms with Crippen molar-refractivity contribution in [2.75, 3.05) is 13.2 Å². The van der Waals surface area contributed by atoms with E-state index >= 15 is 0 Å². The maximum absolute atomic E-state index is 9.02. The van der Waals surface area contributed by atoms with Crippen molar-refractivity contribution in [2.24, 2.45) is 0 Å². The molecule has 0 aromatic rings. The third kappa shape index (κ3) is 2.03. The first-order valence-corrected chi connectivity index (χ1v) is 5.27. The van der Waals surface area contributed by atoms with Crippen molar-refractivity contribution in [3.63, 3.8) is 0 Å². The molecule has 2 aliphatic rings. The predicted octanol–water partition coefficient (Wildman–Crippen LogP) is 1.44. The van der Waals surface area contributed by atoms with Gasteiger partial charge in [-0.1, -0.05) is 0 Å². The molecular formula is C10H18O3. The van der Waals surface area contributed by atoms with Crippen molar-refractivity contribution in [3.05, 3.63) is 0 Å². The van der Waals surface area contributed by atoms with Gasteiger partial charge in [-0.25, -0.2) is 0 Å². The fraction of sp³-hybridized carbons (Fsp3) is 1.00. The molecule has 2 rings (SSSR count). The van der Waals surface area contributed by atoms with Gasteiger partial charge in [-0.2, -0.15) is 0 Å². The average Bonchev–Trinajstić information content (AvgIpc) is 2.19. The van der Waals surface area contributed by atoms with Gasteiger partial charge in [0.05, 0.1) is 19.3 Å². The highest BCUT2D eigenvalue weighted by molar-refractivity contribution is 4.80. The van der Waals surface area contributed by atoms with E-state index in [1.54, 1.807) is 0 Å². The highest BCUT2D eigenvalue weighted by atomic mass is 16.7. The Morgan fingerprint density at radius 1 is 1.23 bits per heavy atom. The monoisotopic (exact) mass is 186 g/mol. The molecule has 2 heterocycles. The fourth-order valence-electron chi connectivity index (χ4n) is 2.27. The van der Waals surface area contributed by atoms with E-state index < -0.39 is 0 Å². The Hall–Kier alpha value is -0.120. The maximum Gasteiger partial charge on any atom is 0.168 e. The second kappa shape index (κ2) is 3.95. The molecule has 2 saturated heterocycles. The number of hydrogen-bond acceptors (Lipinski definition) is 3. The van der Waals surface area contributed by atoms with E-state index in [2.05, 4.69) is 0 Å². The SMILES string of the molecule is OCC1CCCC2(CCCCO2)O1. The van der Waals surface area contributed by atoms with Crippen molar-refractivity contribution in [1.82, 2.24) is 0 Å². The normalized spacial score (nSPS) is 40.8. The molecule has 1 N–H and O–H groups in total. The van der Waals surface area contributed by atoms with Gasteiger partial charge in [0.15, 0.2) is 5.79 Å². The highest BCUT2D eigenvalue weighted by Gasteiger charge is 2.39. The van der Waals surface area contributed by atoms with Crippen LogP contribution < -0.4 is 0 Å². The predicted molar refractivity (Wildman–Crippen MR) is 48.3 cm³/mol. The van der Waals surface area contributed by atoms with E-state index in [-0.39, 0.29) is 18.5 Å². The minimum Gasteiger partial charge on any atom is -0.394 e. The van der Waals surface area contributed by atoms with Crippen molar-refractivity contribution >= 4 is 0 Å². The molecule has 3 heteroatoms. The molecule has 0 aromatic carbocycles. The summed E-state index contributed by atoms with van der Waals surface area (Å²) in [6.07, 6.45) is 6.44. The summed E-state index contributed by atoms with van der Waals surface area (Å²) in [5.74, 6) is -0.329. The zero-order valence-electron chi connectivity index (χ0n) is 8.00. The van der Waals surface area contributed by atoms with Crippen molar-refractivity contribution in [3.8, 4) is 0 Å². The van der Waals surface area contributed by atoms with Crippen LogP contribution in [0.4, 0.5) is 0 Å². The first-order chi connectivity index (χ1) is 6.35. The zero-order valence-corrected chi connectivity index (χ0v) is 8.00. The van der Waals surface area contributed by atoms with Crippen molar-refractivity contribution in [1.29, 1.82) is 0 Å². The lowest BCUT2D eigenvalue weighted by molar-refractivity contribution is -0.298. The second-order valence-corrected chi connectivity index (χ2v) is 4.03. The van der Waals surface area contributed by atoms with Crippen LogP contribution in [0.25, 0.3) is 0 Å². The molecule has 0 bridgehead atoms. The molecule has 13 heavy (non-hydrogen) atoms. The number of hydrogen-bond donors (Lipinski definition) is 1. The highest BCUT2D eigenvalue weighted by Crippen LogP contribution is 2.36. The van der Waals surface area contributed by atoms with E-state index in [9.17, 15) is 0 Å². The molecular weight excluding hydrogens is 168 g/mol. The molecule has 0 amide bonds. The largest absolute Gasteiger partial charge is 0.394 e. The quantitative estimate of drug-likeness (QED) is 0.673. The Labute approximate surface area is 79.0 Å². The summed E-state index contributed by atoms with van der Waals surface area (Å²) in [5.41, 5.74) is 0. The van der Waals surface area contributed by atoms with E-state index in [1.807, 2.05) is 0 Å². The molecule has 2 fully saturated rings. The Morgan fingerprint density at radius 3 is 2.77 bits per heavy atom. The van der Waals surface area contributed by atoms with E-state index in [0.29, 0.717) is 0 Å². The molecule has 0 aliphatic carbocycles. The standard InChI is InChI=1S/C10H18O3/c11-8-9-4-3-6-10(13-9)5-1-2-7-12-10/h9,11H,1-8H2. The zero-order chi connectivity index (χ0) is 9.15. The van der Waals surface area contributed by atoms with Crippen LogP contribution in [-0.4, -0.2) is 30.2 Å². The Balaban J connectivity index is 1.95. The molecule has 2 atom stereocenters.